The average molecular weight is 360 g/mol. The van der Waals surface area contributed by atoms with Crippen LogP contribution in [-0.2, 0) is 12.8 Å². The molecule has 0 spiro atoms. The molecule has 20 heavy (non-hydrogen) atoms. The molecule has 0 bridgehead atoms. The summed E-state index contributed by atoms with van der Waals surface area (Å²) >= 11 is 10.0. The number of unbranched alkanes of at least 4 members (excludes halogenated alkanes) is 1. The fraction of sp³-hybridized carbons (Fsp3) is 0.647. The minimum atomic E-state index is 0.320. The maximum atomic E-state index is 6.28. The van der Waals surface area contributed by atoms with Gasteiger partial charge in [-0.05, 0) is 47.9 Å². The highest BCUT2D eigenvalue weighted by Gasteiger charge is 2.29. The van der Waals surface area contributed by atoms with E-state index in [1.54, 1.807) is 0 Å². The van der Waals surface area contributed by atoms with Gasteiger partial charge in [0.2, 0.25) is 0 Å². The quantitative estimate of drug-likeness (QED) is 0.559. The third-order valence-corrected chi connectivity index (χ3v) is 5.89. The second-order valence-corrected chi connectivity index (χ2v) is 6.92. The number of alkyl halides is 1. The Morgan fingerprint density at radius 3 is 2.80 bits per heavy atom. The smallest absolute Gasteiger partial charge is 0.125 e. The number of ether oxygens (including phenoxy) is 1. The molecule has 0 saturated heterocycles. The largest absolute Gasteiger partial charge is 0.493 e. The molecule has 3 heteroatoms. The Labute approximate surface area is 136 Å². The van der Waals surface area contributed by atoms with E-state index in [9.17, 15) is 0 Å². The summed E-state index contributed by atoms with van der Waals surface area (Å²) < 4.78 is 5.85. The number of halogens is 2. The fourth-order valence-electron chi connectivity index (χ4n) is 3.03. The van der Waals surface area contributed by atoms with Crippen LogP contribution in [0.15, 0.2) is 12.1 Å². The summed E-state index contributed by atoms with van der Waals surface area (Å²) in [5.74, 6) is 1.10. The van der Waals surface area contributed by atoms with Crippen molar-refractivity contribution in [2.45, 2.75) is 52.4 Å². The van der Waals surface area contributed by atoms with E-state index in [0.717, 1.165) is 35.6 Å². The average Bonchev–Trinajstić information content (AvgIpc) is 2.91. The third-order valence-electron chi connectivity index (χ3n) is 4.48. The van der Waals surface area contributed by atoms with Crippen molar-refractivity contribution in [1.29, 1.82) is 0 Å². The zero-order valence-corrected chi connectivity index (χ0v) is 14.8. The lowest BCUT2D eigenvalue weighted by Gasteiger charge is -2.31. The summed E-state index contributed by atoms with van der Waals surface area (Å²) in [5, 5.41) is 1.89. The lowest BCUT2D eigenvalue weighted by molar-refractivity contribution is 0.277. The predicted octanol–water partition coefficient (Wildman–Crippen LogP) is 5.80. The minimum Gasteiger partial charge on any atom is -0.493 e. The van der Waals surface area contributed by atoms with E-state index in [1.807, 2.05) is 0 Å². The molecular weight excluding hydrogens is 336 g/mol. The second-order valence-electron chi connectivity index (χ2n) is 5.92. The molecule has 1 aliphatic heterocycles. The molecule has 1 atom stereocenters. The van der Waals surface area contributed by atoms with Crippen LogP contribution >= 0.6 is 27.5 Å². The van der Waals surface area contributed by atoms with Crippen LogP contribution in [0.5, 0.6) is 5.75 Å². The van der Waals surface area contributed by atoms with Gasteiger partial charge in [0.05, 0.1) is 6.61 Å². The number of benzene rings is 1. The maximum Gasteiger partial charge on any atom is 0.125 e. The van der Waals surface area contributed by atoms with Gasteiger partial charge in [0.1, 0.15) is 5.75 Å². The van der Waals surface area contributed by atoms with E-state index in [0.29, 0.717) is 5.41 Å². The highest BCUT2D eigenvalue weighted by Crippen LogP contribution is 2.41. The molecule has 0 aliphatic carbocycles. The van der Waals surface area contributed by atoms with Gasteiger partial charge in [-0.15, -0.1) is 0 Å². The summed E-state index contributed by atoms with van der Waals surface area (Å²) in [6, 6.07) is 4.16. The molecule has 0 aromatic heterocycles. The summed E-state index contributed by atoms with van der Waals surface area (Å²) in [6.07, 6.45) is 7.01. The van der Waals surface area contributed by atoms with Crippen molar-refractivity contribution in [3.63, 3.8) is 0 Å². The fourth-order valence-corrected chi connectivity index (χ4v) is 4.17. The SMILES string of the molecule is CCCCC(CC)(CBr)Cc1cc(Cl)cc2c1OCC2. The molecule has 1 aliphatic rings. The zero-order chi connectivity index (χ0) is 14.6. The van der Waals surface area contributed by atoms with Crippen molar-refractivity contribution < 1.29 is 4.74 Å². The monoisotopic (exact) mass is 358 g/mol. The van der Waals surface area contributed by atoms with Crippen molar-refractivity contribution in [2.24, 2.45) is 5.41 Å². The third kappa shape index (κ3) is 3.51. The Morgan fingerprint density at radius 2 is 2.15 bits per heavy atom. The van der Waals surface area contributed by atoms with Gasteiger partial charge in [0.15, 0.2) is 0 Å². The van der Waals surface area contributed by atoms with Gasteiger partial charge >= 0.3 is 0 Å². The molecule has 0 radical (unpaired) electrons. The van der Waals surface area contributed by atoms with E-state index in [4.69, 9.17) is 16.3 Å². The van der Waals surface area contributed by atoms with Crippen LogP contribution in [0, 0.1) is 5.41 Å². The second kappa shape index (κ2) is 7.17. The first-order chi connectivity index (χ1) is 9.64. The topological polar surface area (TPSA) is 9.23 Å². The van der Waals surface area contributed by atoms with Crippen molar-refractivity contribution in [3.8, 4) is 5.75 Å². The number of fused-ring (bicyclic) bond motifs is 1. The Kier molecular flexibility index (Phi) is 5.80. The summed E-state index contributed by atoms with van der Waals surface area (Å²) in [6.45, 7) is 5.35. The molecule has 1 aromatic rings. The van der Waals surface area contributed by atoms with E-state index < -0.39 is 0 Å². The minimum absolute atomic E-state index is 0.320. The molecule has 112 valence electrons. The van der Waals surface area contributed by atoms with Gasteiger partial charge < -0.3 is 4.74 Å². The van der Waals surface area contributed by atoms with Gasteiger partial charge in [-0.1, -0.05) is 54.2 Å². The van der Waals surface area contributed by atoms with Crippen LogP contribution in [0.3, 0.4) is 0 Å². The van der Waals surface area contributed by atoms with Crippen LogP contribution in [0.25, 0.3) is 0 Å². The molecule has 1 heterocycles. The molecule has 1 aromatic carbocycles. The molecule has 0 amide bonds. The molecule has 1 unspecified atom stereocenters. The van der Waals surface area contributed by atoms with Crippen LogP contribution in [-0.4, -0.2) is 11.9 Å². The Balaban J connectivity index is 2.27. The first-order valence-corrected chi connectivity index (χ1v) is 9.14. The highest BCUT2D eigenvalue weighted by atomic mass is 79.9. The molecule has 0 N–H and O–H groups in total. The normalized spacial score (nSPS) is 16.6. The maximum absolute atomic E-state index is 6.28. The zero-order valence-electron chi connectivity index (χ0n) is 12.5. The Bertz CT molecular complexity index is 455. The van der Waals surface area contributed by atoms with Gasteiger partial charge in [-0.25, -0.2) is 0 Å². The van der Waals surface area contributed by atoms with Crippen molar-refractivity contribution in [3.05, 3.63) is 28.3 Å². The van der Waals surface area contributed by atoms with Crippen molar-refractivity contribution in [1.82, 2.24) is 0 Å². The van der Waals surface area contributed by atoms with Crippen LogP contribution in [0.1, 0.15) is 50.7 Å². The first kappa shape index (κ1) is 16.2. The molecule has 1 nitrogen and oxygen atoms in total. The van der Waals surface area contributed by atoms with Gasteiger partial charge in [0.25, 0.3) is 0 Å². The van der Waals surface area contributed by atoms with Crippen molar-refractivity contribution in [2.75, 3.05) is 11.9 Å². The predicted molar refractivity (Wildman–Crippen MR) is 90.4 cm³/mol. The van der Waals surface area contributed by atoms with Crippen molar-refractivity contribution >= 4 is 27.5 Å². The van der Waals surface area contributed by atoms with Crippen LogP contribution in [0.4, 0.5) is 0 Å². The summed E-state index contributed by atoms with van der Waals surface area (Å²) in [7, 11) is 0. The van der Waals surface area contributed by atoms with Crippen LogP contribution in [0.2, 0.25) is 5.02 Å². The number of hydrogen-bond acceptors (Lipinski definition) is 1. The highest BCUT2D eigenvalue weighted by molar-refractivity contribution is 9.09. The van der Waals surface area contributed by atoms with Crippen LogP contribution < -0.4 is 4.74 Å². The Morgan fingerprint density at radius 1 is 1.35 bits per heavy atom. The van der Waals surface area contributed by atoms with E-state index >= 15 is 0 Å². The standard InChI is InChI=1S/C17H24BrClO/c1-3-5-7-17(4-2,12-18)11-14-10-15(19)9-13-6-8-20-16(13)14/h9-10H,3-8,11-12H2,1-2H3. The summed E-state index contributed by atoms with van der Waals surface area (Å²) in [5.41, 5.74) is 2.89. The lowest BCUT2D eigenvalue weighted by atomic mass is 9.76. The lowest BCUT2D eigenvalue weighted by Crippen LogP contribution is -2.25. The molecule has 0 saturated carbocycles. The van der Waals surface area contributed by atoms with Gasteiger partial charge in [0, 0.05) is 16.8 Å². The number of hydrogen-bond donors (Lipinski definition) is 0. The van der Waals surface area contributed by atoms with E-state index in [2.05, 4.69) is 41.9 Å². The van der Waals surface area contributed by atoms with Gasteiger partial charge in [-0.2, -0.15) is 0 Å². The van der Waals surface area contributed by atoms with Gasteiger partial charge in [-0.3, -0.25) is 0 Å². The Hall–Kier alpha value is -0.210. The first-order valence-electron chi connectivity index (χ1n) is 7.64. The molecule has 0 fully saturated rings. The summed E-state index contributed by atoms with van der Waals surface area (Å²) in [4.78, 5) is 0. The van der Waals surface area contributed by atoms with E-state index in [1.165, 1.54) is 36.8 Å². The molecular formula is C17H24BrClO. The number of rotatable bonds is 7. The van der Waals surface area contributed by atoms with E-state index in [-0.39, 0.29) is 0 Å². The molecule has 2 rings (SSSR count).